The predicted molar refractivity (Wildman–Crippen MR) is 117 cm³/mol. The maximum absolute atomic E-state index is 5.19. The third-order valence-corrected chi connectivity index (χ3v) is 5.26. The van der Waals surface area contributed by atoms with Crippen LogP contribution in [0.2, 0.25) is 0 Å². The molecule has 0 atom stereocenters. The first-order valence-electron chi connectivity index (χ1n) is 10.6. The summed E-state index contributed by atoms with van der Waals surface area (Å²) in [5.41, 5.74) is 1.26. The van der Waals surface area contributed by atoms with Crippen LogP contribution in [0.1, 0.15) is 31.2 Å². The average Bonchev–Trinajstić information content (AvgIpc) is 3.19. The Morgan fingerprint density at radius 1 is 1.24 bits per heavy atom. The van der Waals surface area contributed by atoms with Crippen molar-refractivity contribution in [2.45, 2.75) is 38.9 Å². The first-order chi connectivity index (χ1) is 14.3. The van der Waals surface area contributed by atoms with Crippen molar-refractivity contribution in [1.29, 1.82) is 0 Å². The van der Waals surface area contributed by atoms with Gasteiger partial charge in [-0.25, -0.2) is 9.98 Å². The highest BCUT2D eigenvalue weighted by Crippen LogP contribution is 2.10. The van der Waals surface area contributed by atoms with Crippen LogP contribution in [-0.2, 0) is 17.8 Å². The van der Waals surface area contributed by atoms with Gasteiger partial charge in [-0.15, -0.1) is 0 Å². The molecular weight excluding hydrogens is 364 g/mol. The van der Waals surface area contributed by atoms with Gasteiger partial charge in [0.15, 0.2) is 5.96 Å². The lowest BCUT2D eigenvalue weighted by Gasteiger charge is -2.32. The number of methoxy groups -OCH3 is 1. The Kier molecular flexibility index (Phi) is 8.52. The zero-order valence-corrected chi connectivity index (χ0v) is 17.7. The Morgan fingerprint density at radius 3 is 2.76 bits per heavy atom. The number of hydrogen-bond donors (Lipinski definition) is 2. The van der Waals surface area contributed by atoms with Gasteiger partial charge in [0, 0.05) is 58.3 Å². The zero-order chi connectivity index (χ0) is 20.3. The van der Waals surface area contributed by atoms with E-state index in [1.807, 2.05) is 18.5 Å². The summed E-state index contributed by atoms with van der Waals surface area (Å²) in [5.74, 6) is 1.84. The van der Waals surface area contributed by atoms with Crippen LogP contribution in [0.3, 0.4) is 0 Å². The fourth-order valence-corrected chi connectivity index (χ4v) is 3.60. The lowest BCUT2D eigenvalue weighted by Crippen LogP contribution is -2.49. The SMILES string of the molecule is CCNC(=NCc1nccn1Cc1ccccc1)NC1CCN(CCOC)CC1. The largest absolute Gasteiger partial charge is 0.383 e. The van der Waals surface area contributed by atoms with Gasteiger partial charge >= 0.3 is 0 Å². The van der Waals surface area contributed by atoms with Crippen molar-refractivity contribution in [2.24, 2.45) is 4.99 Å². The Morgan fingerprint density at radius 2 is 2.03 bits per heavy atom. The molecule has 1 aliphatic rings. The van der Waals surface area contributed by atoms with Crippen molar-refractivity contribution in [1.82, 2.24) is 25.1 Å². The number of benzene rings is 1. The molecule has 1 aromatic carbocycles. The molecule has 1 aliphatic heterocycles. The van der Waals surface area contributed by atoms with Crippen LogP contribution in [0.5, 0.6) is 0 Å². The molecule has 7 nitrogen and oxygen atoms in total. The van der Waals surface area contributed by atoms with Crippen molar-refractivity contribution >= 4 is 5.96 Å². The number of nitrogens with zero attached hydrogens (tertiary/aromatic N) is 4. The molecule has 3 rings (SSSR count). The first-order valence-corrected chi connectivity index (χ1v) is 10.6. The molecule has 2 heterocycles. The summed E-state index contributed by atoms with van der Waals surface area (Å²) < 4.78 is 7.35. The van der Waals surface area contributed by atoms with E-state index in [1.165, 1.54) is 5.56 Å². The minimum atomic E-state index is 0.454. The molecule has 158 valence electrons. The van der Waals surface area contributed by atoms with Gasteiger partial charge in [0.25, 0.3) is 0 Å². The average molecular weight is 399 g/mol. The third kappa shape index (κ3) is 6.87. The monoisotopic (exact) mass is 398 g/mol. The molecule has 0 spiro atoms. The molecular formula is C22H34N6O. The molecule has 1 fully saturated rings. The number of guanidine groups is 1. The Labute approximate surface area is 174 Å². The van der Waals surface area contributed by atoms with Crippen molar-refractivity contribution in [3.8, 4) is 0 Å². The molecule has 29 heavy (non-hydrogen) atoms. The Balaban J connectivity index is 1.54. The first kappa shape index (κ1) is 21.3. The number of likely N-dealkylation sites (tertiary alicyclic amines) is 1. The summed E-state index contributed by atoms with van der Waals surface area (Å²) in [7, 11) is 1.76. The second-order valence-electron chi connectivity index (χ2n) is 7.41. The van der Waals surface area contributed by atoms with E-state index in [1.54, 1.807) is 7.11 Å². The van der Waals surface area contributed by atoms with Crippen molar-refractivity contribution < 1.29 is 4.74 Å². The molecule has 0 saturated carbocycles. The summed E-state index contributed by atoms with van der Waals surface area (Å²) in [6.07, 6.45) is 6.12. The maximum atomic E-state index is 5.19. The number of ether oxygens (including phenoxy) is 1. The van der Waals surface area contributed by atoms with Gasteiger partial charge in [-0.1, -0.05) is 30.3 Å². The lowest BCUT2D eigenvalue weighted by molar-refractivity contribution is 0.128. The molecule has 0 radical (unpaired) electrons. The zero-order valence-electron chi connectivity index (χ0n) is 17.7. The number of piperidine rings is 1. The quantitative estimate of drug-likeness (QED) is 0.500. The number of aliphatic imine (C=N–C) groups is 1. The predicted octanol–water partition coefficient (Wildman–Crippen LogP) is 2.10. The smallest absolute Gasteiger partial charge is 0.191 e. The van der Waals surface area contributed by atoms with Crippen LogP contribution in [-0.4, -0.2) is 66.3 Å². The van der Waals surface area contributed by atoms with Crippen LogP contribution < -0.4 is 10.6 Å². The summed E-state index contributed by atoms with van der Waals surface area (Å²) in [6, 6.07) is 10.9. The number of nitrogens with one attached hydrogen (secondary N) is 2. The van der Waals surface area contributed by atoms with E-state index in [9.17, 15) is 0 Å². The Hall–Kier alpha value is -2.38. The molecule has 0 amide bonds. The number of rotatable bonds is 9. The molecule has 0 aliphatic carbocycles. The van der Waals surface area contributed by atoms with Gasteiger partial charge in [-0.05, 0) is 25.3 Å². The molecule has 0 unspecified atom stereocenters. The van der Waals surface area contributed by atoms with E-state index in [0.717, 1.165) is 64.0 Å². The van der Waals surface area contributed by atoms with Gasteiger partial charge < -0.3 is 24.8 Å². The van der Waals surface area contributed by atoms with Crippen LogP contribution in [0.4, 0.5) is 0 Å². The normalized spacial score (nSPS) is 16.1. The van der Waals surface area contributed by atoms with Crippen molar-refractivity contribution in [3.05, 3.63) is 54.1 Å². The maximum Gasteiger partial charge on any atom is 0.191 e. The van der Waals surface area contributed by atoms with Gasteiger partial charge in [0.2, 0.25) is 0 Å². The number of imidazole rings is 1. The van der Waals surface area contributed by atoms with E-state index in [-0.39, 0.29) is 0 Å². The number of hydrogen-bond acceptors (Lipinski definition) is 4. The second-order valence-corrected chi connectivity index (χ2v) is 7.41. The molecule has 2 aromatic rings. The van der Waals surface area contributed by atoms with E-state index in [4.69, 9.17) is 9.73 Å². The lowest BCUT2D eigenvalue weighted by atomic mass is 10.1. The highest BCUT2D eigenvalue weighted by atomic mass is 16.5. The minimum absolute atomic E-state index is 0.454. The minimum Gasteiger partial charge on any atom is -0.383 e. The van der Waals surface area contributed by atoms with E-state index in [2.05, 4.69) is 56.3 Å². The van der Waals surface area contributed by atoms with Gasteiger partial charge in [-0.3, -0.25) is 0 Å². The van der Waals surface area contributed by atoms with Crippen LogP contribution >= 0.6 is 0 Å². The highest BCUT2D eigenvalue weighted by molar-refractivity contribution is 5.80. The number of aromatic nitrogens is 2. The standard InChI is InChI=1S/C22H34N6O/c1-3-23-22(26-20-9-12-27(13-10-20)15-16-29-2)25-17-21-24-11-14-28(21)18-19-7-5-4-6-8-19/h4-8,11,14,20H,3,9-10,12-13,15-18H2,1-2H3,(H2,23,25,26). The second kappa shape index (κ2) is 11.6. The van der Waals surface area contributed by atoms with Crippen LogP contribution in [0, 0.1) is 0 Å². The molecule has 1 aromatic heterocycles. The van der Waals surface area contributed by atoms with E-state index in [0.29, 0.717) is 12.6 Å². The van der Waals surface area contributed by atoms with Crippen LogP contribution in [0.15, 0.2) is 47.7 Å². The Bertz CT molecular complexity index is 737. The van der Waals surface area contributed by atoms with Crippen molar-refractivity contribution in [3.63, 3.8) is 0 Å². The van der Waals surface area contributed by atoms with Gasteiger partial charge in [0.1, 0.15) is 12.4 Å². The third-order valence-electron chi connectivity index (χ3n) is 5.26. The molecule has 2 N–H and O–H groups in total. The van der Waals surface area contributed by atoms with E-state index >= 15 is 0 Å². The summed E-state index contributed by atoms with van der Waals surface area (Å²) in [5, 5.41) is 6.98. The molecule has 7 heteroatoms. The van der Waals surface area contributed by atoms with Crippen molar-refractivity contribution in [2.75, 3.05) is 39.9 Å². The fourth-order valence-electron chi connectivity index (χ4n) is 3.60. The molecule has 0 bridgehead atoms. The van der Waals surface area contributed by atoms with Crippen LogP contribution in [0.25, 0.3) is 0 Å². The molecule has 1 saturated heterocycles. The summed E-state index contributed by atoms with van der Waals surface area (Å²) in [6.45, 7) is 8.33. The topological polar surface area (TPSA) is 66.7 Å². The summed E-state index contributed by atoms with van der Waals surface area (Å²) >= 11 is 0. The fraction of sp³-hybridized carbons (Fsp3) is 0.545. The highest BCUT2D eigenvalue weighted by Gasteiger charge is 2.19. The van der Waals surface area contributed by atoms with Gasteiger partial charge in [-0.2, -0.15) is 0 Å². The van der Waals surface area contributed by atoms with E-state index < -0.39 is 0 Å². The van der Waals surface area contributed by atoms with Gasteiger partial charge in [0.05, 0.1) is 6.61 Å². The summed E-state index contributed by atoms with van der Waals surface area (Å²) in [4.78, 5) is 11.8.